The molecule has 1 aromatic heterocycles. The van der Waals surface area contributed by atoms with Gasteiger partial charge in [0.2, 0.25) is 0 Å². The maximum atomic E-state index is 10.7. The van der Waals surface area contributed by atoms with Crippen molar-refractivity contribution in [3.63, 3.8) is 0 Å². The Balaban J connectivity index is 1.80. The Labute approximate surface area is 112 Å². The third-order valence-corrected chi connectivity index (χ3v) is 3.69. The van der Waals surface area contributed by atoms with Gasteiger partial charge in [-0.1, -0.05) is 25.7 Å². The Kier molecular flexibility index (Phi) is 4.61. The van der Waals surface area contributed by atoms with Crippen molar-refractivity contribution in [3.05, 3.63) is 23.7 Å². The number of carbonyl (C=O) groups is 1. The lowest BCUT2D eigenvalue weighted by atomic mass is 9.94. The van der Waals surface area contributed by atoms with Crippen molar-refractivity contribution in [1.82, 2.24) is 5.32 Å². The molecule has 19 heavy (non-hydrogen) atoms. The first-order chi connectivity index (χ1) is 9.09. The summed E-state index contributed by atoms with van der Waals surface area (Å²) in [6.07, 6.45) is 7.44. The molecule has 106 valence electrons. The summed E-state index contributed by atoms with van der Waals surface area (Å²) in [6, 6.07) is 1.51. The van der Waals surface area contributed by atoms with E-state index in [2.05, 4.69) is 5.32 Å². The van der Waals surface area contributed by atoms with Crippen LogP contribution in [0.3, 0.4) is 0 Å². The summed E-state index contributed by atoms with van der Waals surface area (Å²) >= 11 is 0. The maximum absolute atomic E-state index is 10.7. The van der Waals surface area contributed by atoms with E-state index in [9.17, 15) is 9.90 Å². The van der Waals surface area contributed by atoms with Crippen molar-refractivity contribution in [3.8, 4) is 0 Å². The second-order valence-electron chi connectivity index (χ2n) is 5.35. The number of carboxylic acids is 1. The zero-order chi connectivity index (χ0) is 13.7. The van der Waals surface area contributed by atoms with Gasteiger partial charge in [0, 0.05) is 6.54 Å². The van der Waals surface area contributed by atoms with Crippen LogP contribution in [0.1, 0.15) is 54.6 Å². The maximum Gasteiger partial charge on any atom is 0.338 e. The second-order valence-corrected chi connectivity index (χ2v) is 5.35. The van der Waals surface area contributed by atoms with Crippen LogP contribution < -0.4 is 5.32 Å². The van der Waals surface area contributed by atoms with Crippen molar-refractivity contribution < 1.29 is 19.4 Å². The van der Waals surface area contributed by atoms with Crippen LogP contribution in [0.15, 0.2) is 16.7 Å². The van der Waals surface area contributed by atoms with Gasteiger partial charge >= 0.3 is 5.97 Å². The fourth-order valence-electron chi connectivity index (χ4n) is 2.57. The van der Waals surface area contributed by atoms with Gasteiger partial charge in [-0.05, 0) is 18.9 Å². The molecule has 5 heteroatoms. The Bertz CT molecular complexity index is 419. The van der Waals surface area contributed by atoms with E-state index in [1.54, 1.807) is 0 Å². The van der Waals surface area contributed by atoms with E-state index in [1.807, 2.05) is 0 Å². The molecule has 1 heterocycles. The van der Waals surface area contributed by atoms with Gasteiger partial charge in [0.05, 0.1) is 17.7 Å². The quantitative estimate of drug-likeness (QED) is 0.712. The molecule has 1 aliphatic rings. The summed E-state index contributed by atoms with van der Waals surface area (Å²) in [4.78, 5) is 10.7. The normalized spacial score (nSPS) is 19.0. The standard InChI is InChI=1S/C14H21NO4/c16-13(17)11-7-12(19-9-11)8-15-10-14(18)5-3-1-2-4-6-14/h7,9,15,18H,1-6,8,10H2,(H,16,17). The third kappa shape index (κ3) is 4.08. The largest absolute Gasteiger partial charge is 0.478 e. The van der Waals surface area contributed by atoms with E-state index in [0.717, 1.165) is 25.7 Å². The zero-order valence-electron chi connectivity index (χ0n) is 11.0. The minimum absolute atomic E-state index is 0.157. The molecule has 2 rings (SSSR count). The molecule has 1 fully saturated rings. The van der Waals surface area contributed by atoms with Gasteiger partial charge in [0.1, 0.15) is 12.0 Å². The van der Waals surface area contributed by atoms with Crippen molar-refractivity contribution in [1.29, 1.82) is 0 Å². The van der Waals surface area contributed by atoms with Crippen molar-refractivity contribution in [2.45, 2.75) is 50.7 Å². The average Bonchev–Trinajstić information content (AvgIpc) is 2.73. The van der Waals surface area contributed by atoms with Crippen molar-refractivity contribution >= 4 is 5.97 Å². The highest BCUT2D eigenvalue weighted by Gasteiger charge is 2.27. The summed E-state index contributed by atoms with van der Waals surface area (Å²) in [5, 5.41) is 22.4. The molecule has 0 saturated heterocycles. The van der Waals surface area contributed by atoms with Gasteiger partial charge in [-0.3, -0.25) is 0 Å². The molecule has 0 unspecified atom stereocenters. The summed E-state index contributed by atoms with van der Waals surface area (Å²) < 4.78 is 5.15. The molecule has 0 bridgehead atoms. The van der Waals surface area contributed by atoms with Crippen LogP contribution >= 0.6 is 0 Å². The predicted molar refractivity (Wildman–Crippen MR) is 70.0 cm³/mol. The number of furan rings is 1. The van der Waals surface area contributed by atoms with Gasteiger partial charge in [-0.2, -0.15) is 0 Å². The minimum atomic E-state index is -0.989. The van der Waals surface area contributed by atoms with Crippen molar-refractivity contribution in [2.24, 2.45) is 0 Å². The fourth-order valence-corrected chi connectivity index (χ4v) is 2.57. The summed E-state index contributed by atoms with van der Waals surface area (Å²) in [5.41, 5.74) is -0.469. The number of carboxylic acid groups (broad SMARTS) is 1. The van der Waals surface area contributed by atoms with Crippen LogP contribution in [0.4, 0.5) is 0 Å². The Hall–Kier alpha value is -1.33. The average molecular weight is 267 g/mol. The lowest BCUT2D eigenvalue weighted by molar-refractivity contribution is 0.0247. The third-order valence-electron chi connectivity index (χ3n) is 3.69. The molecular weight excluding hydrogens is 246 g/mol. The van der Waals surface area contributed by atoms with Gasteiger partial charge in [0.15, 0.2) is 0 Å². The molecule has 0 aromatic carbocycles. The smallest absolute Gasteiger partial charge is 0.338 e. The number of hydrogen-bond acceptors (Lipinski definition) is 4. The Morgan fingerprint density at radius 3 is 2.58 bits per heavy atom. The minimum Gasteiger partial charge on any atom is -0.478 e. The first-order valence-electron chi connectivity index (χ1n) is 6.83. The number of nitrogens with one attached hydrogen (secondary N) is 1. The topological polar surface area (TPSA) is 82.7 Å². The van der Waals surface area contributed by atoms with Gasteiger partial charge < -0.3 is 19.9 Å². The van der Waals surface area contributed by atoms with Crippen LogP contribution in [0.5, 0.6) is 0 Å². The van der Waals surface area contributed by atoms with Gasteiger partial charge in [-0.15, -0.1) is 0 Å². The van der Waals surface area contributed by atoms with Crippen LogP contribution in [0.25, 0.3) is 0 Å². The first-order valence-corrected chi connectivity index (χ1v) is 6.83. The number of hydrogen-bond donors (Lipinski definition) is 3. The van der Waals surface area contributed by atoms with E-state index < -0.39 is 11.6 Å². The van der Waals surface area contributed by atoms with E-state index in [4.69, 9.17) is 9.52 Å². The molecule has 5 nitrogen and oxygen atoms in total. The van der Waals surface area contributed by atoms with Crippen LogP contribution in [-0.2, 0) is 6.54 Å². The Morgan fingerprint density at radius 2 is 2.00 bits per heavy atom. The summed E-state index contributed by atoms with van der Waals surface area (Å²) in [5.74, 6) is -0.410. The Morgan fingerprint density at radius 1 is 1.32 bits per heavy atom. The molecule has 0 radical (unpaired) electrons. The zero-order valence-corrected chi connectivity index (χ0v) is 11.0. The molecule has 0 spiro atoms. The van der Waals surface area contributed by atoms with E-state index in [-0.39, 0.29) is 5.56 Å². The van der Waals surface area contributed by atoms with E-state index in [0.29, 0.717) is 18.8 Å². The van der Waals surface area contributed by atoms with Crippen molar-refractivity contribution in [2.75, 3.05) is 6.54 Å². The number of aliphatic hydroxyl groups is 1. The SMILES string of the molecule is O=C(O)c1coc(CNCC2(O)CCCCCC2)c1. The highest BCUT2D eigenvalue weighted by atomic mass is 16.4. The van der Waals surface area contributed by atoms with Gasteiger partial charge in [-0.25, -0.2) is 4.79 Å². The van der Waals surface area contributed by atoms with E-state index >= 15 is 0 Å². The van der Waals surface area contributed by atoms with Crippen LogP contribution in [0, 0.1) is 0 Å². The van der Waals surface area contributed by atoms with Crippen LogP contribution in [-0.4, -0.2) is 28.3 Å². The molecule has 3 N–H and O–H groups in total. The lowest BCUT2D eigenvalue weighted by Gasteiger charge is -2.26. The predicted octanol–water partition coefficient (Wildman–Crippen LogP) is 2.15. The van der Waals surface area contributed by atoms with Crippen LogP contribution in [0.2, 0.25) is 0 Å². The molecule has 0 amide bonds. The highest BCUT2D eigenvalue weighted by Crippen LogP contribution is 2.26. The summed E-state index contributed by atoms with van der Waals surface area (Å²) in [7, 11) is 0. The highest BCUT2D eigenvalue weighted by molar-refractivity contribution is 5.87. The van der Waals surface area contributed by atoms with Gasteiger partial charge in [0.25, 0.3) is 0 Å². The second kappa shape index (κ2) is 6.21. The lowest BCUT2D eigenvalue weighted by Crippen LogP contribution is -2.39. The molecule has 1 aliphatic carbocycles. The molecule has 1 aromatic rings. The molecule has 1 saturated carbocycles. The fraction of sp³-hybridized carbons (Fsp3) is 0.643. The number of rotatable bonds is 5. The summed E-state index contributed by atoms with van der Waals surface area (Å²) in [6.45, 7) is 0.964. The van der Waals surface area contributed by atoms with E-state index in [1.165, 1.54) is 25.2 Å². The first kappa shape index (κ1) is 14.1. The number of aromatic carboxylic acids is 1. The monoisotopic (exact) mass is 267 g/mol. The molecular formula is C14H21NO4. The molecule has 0 aliphatic heterocycles. The molecule has 0 atom stereocenters.